The van der Waals surface area contributed by atoms with Gasteiger partial charge in [0.1, 0.15) is 24.7 Å². The summed E-state index contributed by atoms with van der Waals surface area (Å²) >= 11 is 1.73. The highest BCUT2D eigenvalue weighted by Crippen LogP contribution is 2.34. The number of aryl methyl sites for hydroxylation is 2. The Labute approximate surface area is 230 Å². The van der Waals surface area contributed by atoms with Crippen LogP contribution in [0.15, 0.2) is 53.9 Å². The molecule has 0 N–H and O–H groups in total. The summed E-state index contributed by atoms with van der Waals surface area (Å²) in [5.74, 6) is 1.50. The van der Waals surface area contributed by atoms with Crippen molar-refractivity contribution in [2.75, 3.05) is 33.4 Å². The molecule has 3 aromatic rings. The molecule has 0 spiro atoms. The third-order valence-corrected chi connectivity index (χ3v) is 8.30. The lowest BCUT2D eigenvalue weighted by Gasteiger charge is -2.37. The number of hydrogen-bond acceptors (Lipinski definition) is 5. The molecule has 1 aliphatic rings. The Morgan fingerprint density at radius 3 is 2.71 bits per heavy atom. The van der Waals surface area contributed by atoms with E-state index in [0.29, 0.717) is 31.0 Å². The Bertz CT molecular complexity index is 1270. The fraction of sp³-hybridized carbons (Fsp3) is 0.419. The van der Waals surface area contributed by atoms with Crippen LogP contribution in [-0.4, -0.2) is 55.0 Å². The second-order valence-corrected chi connectivity index (χ2v) is 11.2. The van der Waals surface area contributed by atoms with E-state index in [1.807, 2.05) is 30.0 Å². The first-order valence-electron chi connectivity index (χ1n) is 13.3. The average Bonchev–Trinajstić information content (AvgIpc) is 3.41. The van der Waals surface area contributed by atoms with E-state index in [4.69, 9.17) is 9.47 Å². The predicted octanol–water partition coefficient (Wildman–Crippen LogP) is 6.07. The van der Waals surface area contributed by atoms with Gasteiger partial charge in [-0.1, -0.05) is 44.0 Å². The van der Waals surface area contributed by atoms with Gasteiger partial charge in [-0.05, 0) is 73.0 Å². The Hall–Kier alpha value is -3.32. The highest BCUT2D eigenvalue weighted by molar-refractivity contribution is 7.10. The molecule has 38 heavy (non-hydrogen) atoms. The molecule has 2 heterocycles. The number of nitrogens with zero attached hydrogens (tertiary/aromatic N) is 2. The van der Waals surface area contributed by atoms with Crippen LogP contribution in [-0.2, 0) is 11.2 Å². The van der Waals surface area contributed by atoms with E-state index >= 15 is 0 Å². The maximum Gasteiger partial charge on any atom is 0.254 e. The molecule has 7 heteroatoms. The van der Waals surface area contributed by atoms with Crippen molar-refractivity contribution in [3.63, 3.8) is 0 Å². The first-order chi connectivity index (χ1) is 18.3. The Balaban J connectivity index is 1.56. The molecule has 2 aromatic carbocycles. The van der Waals surface area contributed by atoms with Gasteiger partial charge in [0, 0.05) is 23.5 Å². The van der Waals surface area contributed by atoms with Crippen molar-refractivity contribution in [1.82, 2.24) is 9.80 Å². The highest BCUT2D eigenvalue weighted by atomic mass is 32.1. The van der Waals surface area contributed by atoms with Crippen molar-refractivity contribution in [3.8, 4) is 11.5 Å². The standard InChI is InChI=1S/C31H38N2O4S/c1-6-21(2)18-32(31(35)24-8-7-9-25(17-24)36-5)19-30(34)33-14-12-29-26(13-15-38-29)27(33)20-37-28-11-10-22(3)16-23(28)4/h7-11,13,15-17,21,27H,6,12,14,18-20H2,1-5H3/t21-,27+/m1/s1. The van der Waals surface area contributed by atoms with Crippen LogP contribution in [0.5, 0.6) is 11.5 Å². The largest absolute Gasteiger partial charge is 0.497 e. The molecule has 6 nitrogen and oxygen atoms in total. The summed E-state index contributed by atoms with van der Waals surface area (Å²) in [6.45, 7) is 9.83. The summed E-state index contributed by atoms with van der Waals surface area (Å²) in [4.78, 5) is 32.3. The van der Waals surface area contributed by atoms with Crippen molar-refractivity contribution in [2.45, 2.75) is 46.6 Å². The van der Waals surface area contributed by atoms with E-state index in [1.54, 1.807) is 41.5 Å². The van der Waals surface area contributed by atoms with Crippen LogP contribution in [0.2, 0.25) is 0 Å². The number of carbonyl (C=O) groups excluding carboxylic acids is 2. The Morgan fingerprint density at radius 2 is 1.97 bits per heavy atom. The van der Waals surface area contributed by atoms with Crippen LogP contribution in [0.1, 0.15) is 58.2 Å². The summed E-state index contributed by atoms with van der Waals surface area (Å²) in [5.41, 5.74) is 3.93. The van der Waals surface area contributed by atoms with Crippen LogP contribution in [0.3, 0.4) is 0 Å². The van der Waals surface area contributed by atoms with Gasteiger partial charge in [-0.2, -0.15) is 0 Å². The van der Waals surface area contributed by atoms with Crippen molar-refractivity contribution < 1.29 is 19.1 Å². The third-order valence-electron chi connectivity index (χ3n) is 7.30. The van der Waals surface area contributed by atoms with Gasteiger partial charge in [0.25, 0.3) is 5.91 Å². The van der Waals surface area contributed by atoms with Crippen LogP contribution in [0.25, 0.3) is 0 Å². The van der Waals surface area contributed by atoms with E-state index in [1.165, 1.54) is 10.4 Å². The number of fused-ring (bicyclic) bond motifs is 1. The minimum absolute atomic E-state index is 0.0277. The third kappa shape index (κ3) is 6.38. The molecule has 1 aliphatic heterocycles. The second kappa shape index (κ2) is 12.5. The van der Waals surface area contributed by atoms with Crippen LogP contribution in [0, 0.1) is 19.8 Å². The zero-order valence-corrected chi connectivity index (χ0v) is 23.8. The predicted molar refractivity (Wildman–Crippen MR) is 152 cm³/mol. The summed E-state index contributed by atoms with van der Waals surface area (Å²) < 4.78 is 11.6. The van der Waals surface area contributed by atoms with Gasteiger partial charge < -0.3 is 19.3 Å². The number of thiophene rings is 1. The molecule has 0 saturated heterocycles. The fourth-order valence-corrected chi connectivity index (χ4v) is 5.85. The van der Waals surface area contributed by atoms with E-state index in [-0.39, 0.29) is 30.3 Å². The van der Waals surface area contributed by atoms with E-state index in [2.05, 4.69) is 38.3 Å². The van der Waals surface area contributed by atoms with Crippen molar-refractivity contribution in [2.24, 2.45) is 5.92 Å². The average molecular weight is 535 g/mol. The number of ether oxygens (including phenoxy) is 2. The maximum atomic E-state index is 13.9. The number of amides is 2. The quantitative estimate of drug-likeness (QED) is 0.317. The number of rotatable bonds is 10. The second-order valence-electron chi connectivity index (χ2n) is 10.2. The van der Waals surface area contributed by atoms with E-state index in [0.717, 1.165) is 29.7 Å². The molecule has 2 amide bonds. The minimum Gasteiger partial charge on any atom is -0.497 e. The van der Waals surface area contributed by atoms with Gasteiger partial charge in [-0.15, -0.1) is 11.3 Å². The Kier molecular flexibility index (Phi) is 9.10. The molecule has 1 aromatic heterocycles. The lowest BCUT2D eigenvalue weighted by Crippen LogP contribution is -2.48. The zero-order valence-electron chi connectivity index (χ0n) is 23.0. The zero-order chi connectivity index (χ0) is 27.2. The molecule has 0 radical (unpaired) electrons. The summed E-state index contributed by atoms with van der Waals surface area (Å²) in [7, 11) is 1.58. The van der Waals surface area contributed by atoms with Crippen molar-refractivity contribution in [3.05, 3.63) is 81.0 Å². The van der Waals surface area contributed by atoms with Crippen molar-refractivity contribution in [1.29, 1.82) is 0 Å². The monoisotopic (exact) mass is 534 g/mol. The normalized spacial score (nSPS) is 15.5. The molecule has 202 valence electrons. The topological polar surface area (TPSA) is 59.1 Å². The first kappa shape index (κ1) is 27.7. The SMILES string of the molecule is CC[C@@H](C)CN(CC(=O)N1CCc2sccc2[C@@H]1COc1ccc(C)cc1C)C(=O)c1cccc(OC)c1. The molecule has 4 rings (SSSR count). The van der Waals surface area contributed by atoms with Gasteiger partial charge in [0.15, 0.2) is 0 Å². The Morgan fingerprint density at radius 1 is 1.16 bits per heavy atom. The van der Waals surface area contributed by atoms with E-state index in [9.17, 15) is 9.59 Å². The van der Waals surface area contributed by atoms with Crippen molar-refractivity contribution >= 4 is 23.2 Å². The highest BCUT2D eigenvalue weighted by Gasteiger charge is 2.34. The van der Waals surface area contributed by atoms with Gasteiger partial charge in [-0.25, -0.2) is 0 Å². The number of benzene rings is 2. The smallest absolute Gasteiger partial charge is 0.254 e. The van der Waals surface area contributed by atoms with Gasteiger partial charge >= 0.3 is 0 Å². The lowest BCUT2D eigenvalue weighted by molar-refractivity contribution is -0.135. The molecule has 2 atom stereocenters. The summed E-state index contributed by atoms with van der Waals surface area (Å²) in [6.07, 6.45) is 1.73. The number of carbonyl (C=O) groups is 2. The summed E-state index contributed by atoms with van der Waals surface area (Å²) in [6, 6.07) is 15.2. The fourth-order valence-electron chi connectivity index (χ4n) is 4.92. The van der Waals surface area contributed by atoms with Gasteiger partial charge in [0.2, 0.25) is 5.91 Å². The molecular formula is C31H38N2O4S. The van der Waals surface area contributed by atoms with Crippen LogP contribution < -0.4 is 9.47 Å². The van der Waals surface area contributed by atoms with Crippen LogP contribution >= 0.6 is 11.3 Å². The molecular weight excluding hydrogens is 496 g/mol. The molecule has 0 fully saturated rings. The lowest BCUT2D eigenvalue weighted by atomic mass is 10.00. The minimum atomic E-state index is -0.199. The number of methoxy groups -OCH3 is 1. The first-order valence-corrected chi connectivity index (χ1v) is 14.2. The van der Waals surface area contributed by atoms with E-state index < -0.39 is 0 Å². The molecule has 0 aliphatic carbocycles. The van der Waals surface area contributed by atoms with Crippen LogP contribution in [0.4, 0.5) is 0 Å². The molecule has 0 saturated carbocycles. The summed E-state index contributed by atoms with van der Waals surface area (Å²) in [5, 5.41) is 2.09. The molecule has 0 unspecified atom stereocenters. The van der Waals surface area contributed by atoms with Gasteiger partial charge in [-0.3, -0.25) is 9.59 Å². The maximum absolute atomic E-state index is 13.9. The molecule has 0 bridgehead atoms. The van der Waals surface area contributed by atoms with Gasteiger partial charge in [0.05, 0.1) is 13.2 Å². The number of hydrogen-bond donors (Lipinski definition) is 0.